The molecule has 0 aliphatic heterocycles. The number of benzene rings is 1. The summed E-state index contributed by atoms with van der Waals surface area (Å²) in [6.07, 6.45) is 3.99. The predicted octanol–water partition coefficient (Wildman–Crippen LogP) is 4.31. The molecule has 1 heterocycles. The number of nitriles is 1. The van der Waals surface area contributed by atoms with Gasteiger partial charge in [0, 0.05) is 16.3 Å². The van der Waals surface area contributed by atoms with Gasteiger partial charge in [-0.25, -0.2) is 4.98 Å². The predicted molar refractivity (Wildman–Crippen MR) is 108 cm³/mol. The van der Waals surface area contributed by atoms with Gasteiger partial charge in [-0.1, -0.05) is 23.4 Å². The molecule has 1 aliphatic carbocycles. The number of nitrogens with zero attached hydrogens (tertiary/aromatic N) is 2. The van der Waals surface area contributed by atoms with Crippen LogP contribution in [-0.4, -0.2) is 29.1 Å². The van der Waals surface area contributed by atoms with E-state index >= 15 is 0 Å². The number of aryl methyl sites for hydroxylation is 1. The average molecular weight is 415 g/mol. The van der Waals surface area contributed by atoms with E-state index < -0.39 is 5.97 Å². The second kappa shape index (κ2) is 9.22. The minimum atomic E-state index is -0.520. The molecule has 0 saturated carbocycles. The molecule has 144 valence electrons. The molecular weight excluding hydrogens is 396 g/mol. The number of pyridine rings is 1. The van der Waals surface area contributed by atoms with Crippen molar-refractivity contribution in [1.29, 1.82) is 5.26 Å². The standard InChI is InChI=1S/C21H19ClN2O3S/c1-13-16-4-2-3-5-17(16)18(10-23)21(24-13)28-12-20(26)27-11-19(25)14-6-8-15(22)9-7-14/h6-9H,2-5,11-12H2,1H3. The van der Waals surface area contributed by atoms with Gasteiger partial charge in [0.2, 0.25) is 0 Å². The average Bonchev–Trinajstić information content (AvgIpc) is 2.71. The van der Waals surface area contributed by atoms with E-state index in [-0.39, 0.29) is 18.1 Å². The Labute approximate surface area is 173 Å². The summed E-state index contributed by atoms with van der Waals surface area (Å²) < 4.78 is 5.07. The Morgan fingerprint density at radius 3 is 2.57 bits per heavy atom. The maximum absolute atomic E-state index is 12.1. The number of halogens is 1. The van der Waals surface area contributed by atoms with Crippen molar-refractivity contribution in [2.24, 2.45) is 0 Å². The van der Waals surface area contributed by atoms with Crippen molar-refractivity contribution in [3.63, 3.8) is 0 Å². The molecule has 0 unspecified atom stereocenters. The highest BCUT2D eigenvalue weighted by Crippen LogP contribution is 2.32. The molecule has 0 spiro atoms. The lowest BCUT2D eigenvalue weighted by Gasteiger charge is -2.20. The highest BCUT2D eigenvalue weighted by Gasteiger charge is 2.21. The normalized spacial score (nSPS) is 12.8. The van der Waals surface area contributed by atoms with Gasteiger partial charge in [-0.2, -0.15) is 5.26 Å². The van der Waals surface area contributed by atoms with Crippen LogP contribution in [0.1, 0.15) is 45.6 Å². The summed E-state index contributed by atoms with van der Waals surface area (Å²) >= 11 is 6.97. The van der Waals surface area contributed by atoms with Crippen LogP contribution in [0.5, 0.6) is 0 Å². The van der Waals surface area contributed by atoms with Crippen molar-refractivity contribution >= 4 is 35.1 Å². The van der Waals surface area contributed by atoms with Gasteiger partial charge in [0.1, 0.15) is 11.1 Å². The van der Waals surface area contributed by atoms with Crippen LogP contribution in [-0.2, 0) is 22.4 Å². The Kier molecular flexibility index (Phi) is 6.71. The molecule has 1 aliphatic rings. The zero-order chi connectivity index (χ0) is 20.1. The number of esters is 1. The molecule has 0 atom stereocenters. The van der Waals surface area contributed by atoms with Crippen LogP contribution in [0.2, 0.25) is 5.02 Å². The number of carbonyl (C=O) groups is 2. The summed E-state index contributed by atoms with van der Waals surface area (Å²) in [6.45, 7) is 1.61. The number of Topliss-reactive ketones (excluding diaryl/α,β-unsaturated/α-hetero) is 1. The van der Waals surface area contributed by atoms with Gasteiger partial charge in [0.25, 0.3) is 0 Å². The second-order valence-electron chi connectivity index (χ2n) is 6.53. The van der Waals surface area contributed by atoms with Crippen molar-refractivity contribution < 1.29 is 14.3 Å². The Hall–Kier alpha value is -2.36. The van der Waals surface area contributed by atoms with E-state index in [1.165, 1.54) is 17.3 Å². The number of thioether (sulfide) groups is 1. The van der Waals surface area contributed by atoms with Crippen LogP contribution in [0.25, 0.3) is 0 Å². The van der Waals surface area contributed by atoms with Crippen LogP contribution < -0.4 is 0 Å². The quantitative estimate of drug-likeness (QED) is 0.398. The summed E-state index contributed by atoms with van der Waals surface area (Å²) in [5.41, 5.74) is 4.15. The summed E-state index contributed by atoms with van der Waals surface area (Å²) in [5.74, 6) is -0.822. The van der Waals surface area contributed by atoms with Crippen LogP contribution >= 0.6 is 23.4 Å². The second-order valence-corrected chi connectivity index (χ2v) is 7.93. The molecule has 1 aromatic carbocycles. The summed E-state index contributed by atoms with van der Waals surface area (Å²) in [5, 5.41) is 10.7. The first kappa shape index (κ1) is 20.4. The first-order chi connectivity index (χ1) is 13.5. The fraction of sp³-hybridized carbons (Fsp3) is 0.333. The van der Waals surface area contributed by atoms with Crippen molar-refractivity contribution in [3.05, 3.63) is 57.2 Å². The molecule has 0 fully saturated rings. The maximum Gasteiger partial charge on any atom is 0.316 e. The van der Waals surface area contributed by atoms with E-state index in [1.54, 1.807) is 24.3 Å². The number of hydrogen-bond donors (Lipinski definition) is 0. The van der Waals surface area contributed by atoms with Crippen LogP contribution in [0.4, 0.5) is 0 Å². The lowest BCUT2D eigenvalue weighted by molar-refractivity contribution is -0.139. The summed E-state index contributed by atoms with van der Waals surface area (Å²) in [4.78, 5) is 28.6. The number of ketones is 1. The first-order valence-electron chi connectivity index (χ1n) is 8.99. The first-order valence-corrected chi connectivity index (χ1v) is 10.4. The number of aromatic nitrogens is 1. The number of ether oxygens (including phenoxy) is 1. The number of rotatable bonds is 6. The number of carbonyl (C=O) groups excluding carboxylic acids is 2. The van der Waals surface area contributed by atoms with Crippen molar-refractivity contribution in [1.82, 2.24) is 4.98 Å². The Bertz CT molecular complexity index is 952. The van der Waals surface area contributed by atoms with Crippen LogP contribution in [0, 0.1) is 18.3 Å². The summed E-state index contributed by atoms with van der Waals surface area (Å²) in [7, 11) is 0. The molecule has 28 heavy (non-hydrogen) atoms. The third kappa shape index (κ3) is 4.73. The lowest BCUT2D eigenvalue weighted by atomic mass is 9.88. The van der Waals surface area contributed by atoms with Crippen LogP contribution in [0.3, 0.4) is 0 Å². The molecular formula is C21H19ClN2O3S. The fourth-order valence-electron chi connectivity index (χ4n) is 3.24. The highest BCUT2D eigenvalue weighted by atomic mass is 35.5. The van der Waals surface area contributed by atoms with Gasteiger partial charge < -0.3 is 4.74 Å². The lowest BCUT2D eigenvalue weighted by Crippen LogP contribution is -2.16. The molecule has 0 bridgehead atoms. The van der Waals surface area contributed by atoms with Gasteiger partial charge in [-0.15, -0.1) is 0 Å². The smallest absolute Gasteiger partial charge is 0.316 e. The van der Waals surface area contributed by atoms with E-state index in [2.05, 4.69) is 11.1 Å². The van der Waals surface area contributed by atoms with Crippen molar-refractivity contribution in [2.75, 3.05) is 12.4 Å². The molecule has 0 amide bonds. The monoisotopic (exact) mass is 414 g/mol. The third-order valence-electron chi connectivity index (χ3n) is 4.66. The maximum atomic E-state index is 12.1. The fourth-order valence-corrected chi connectivity index (χ4v) is 4.22. The minimum Gasteiger partial charge on any atom is -0.457 e. The minimum absolute atomic E-state index is 0.00615. The van der Waals surface area contributed by atoms with Gasteiger partial charge >= 0.3 is 5.97 Å². The van der Waals surface area contributed by atoms with Crippen molar-refractivity contribution in [3.8, 4) is 6.07 Å². The summed E-state index contributed by atoms with van der Waals surface area (Å²) in [6, 6.07) is 8.65. The molecule has 3 rings (SSSR count). The van der Waals surface area contributed by atoms with E-state index in [1.807, 2.05) is 6.92 Å². The molecule has 2 aromatic rings. The molecule has 7 heteroatoms. The zero-order valence-electron chi connectivity index (χ0n) is 15.5. The Morgan fingerprint density at radius 2 is 1.89 bits per heavy atom. The molecule has 5 nitrogen and oxygen atoms in total. The van der Waals surface area contributed by atoms with E-state index in [0.29, 0.717) is 21.2 Å². The SMILES string of the molecule is Cc1nc(SCC(=O)OCC(=O)c2ccc(Cl)cc2)c(C#N)c2c1CCCC2. The van der Waals surface area contributed by atoms with Gasteiger partial charge in [0.15, 0.2) is 12.4 Å². The van der Waals surface area contributed by atoms with Gasteiger partial charge in [0.05, 0.1) is 11.3 Å². The third-order valence-corrected chi connectivity index (χ3v) is 5.86. The number of fused-ring (bicyclic) bond motifs is 1. The topological polar surface area (TPSA) is 80.0 Å². The molecule has 1 aromatic heterocycles. The number of hydrogen-bond acceptors (Lipinski definition) is 6. The van der Waals surface area contributed by atoms with E-state index in [0.717, 1.165) is 36.9 Å². The zero-order valence-corrected chi connectivity index (χ0v) is 17.0. The highest BCUT2D eigenvalue weighted by molar-refractivity contribution is 7.99. The largest absolute Gasteiger partial charge is 0.457 e. The van der Waals surface area contributed by atoms with Crippen molar-refractivity contribution in [2.45, 2.75) is 37.6 Å². The van der Waals surface area contributed by atoms with E-state index in [4.69, 9.17) is 16.3 Å². The Morgan fingerprint density at radius 1 is 1.21 bits per heavy atom. The Balaban J connectivity index is 1.60. The van der Waals surface area contributed by atoms with Gasteiger partial charge in [-0.05, 0) is 68.0 Å². The van der Waals surface area contributed by atoms with Gasteiger partial charge in [-0.3, -0.25) is 9.59 Å². The molecule has 0 N–H and O–H groups in total. The molecule has 0 saturated heterocycles. The van der Waals surface area contributed by atoms with Crippen LogP contribution in [0.15, 0.2) is 29.3 Å². The van der Waals surface area contributed by atoms with E-state index in [9.17, 15) is 14.9 Å². The molecule has 0 radical (unpaired) electrons.